The van der Waals surface area contributed by atoms with Crippen LogP contribution in [-0.2, 0) is 23.8 Å². The molecule has 1 saturated heterocycles. The molecule has 0 radical (unpaired) electrons. The van der Waals surface area contributed by atoms with Crippen molar-refractivity contribution in [2.75, 3.05) is 0 Å². The van der Waals surface area contributed by atoms with Crippen LogP contribution in [0.1, 0.15) is 122 Å². The lowest BCUT2D eigenvalue weighted by molar-refractivity contribution is -0.150. The van der Waals surface area contributed by atoms with Crippen molar-refractivity contribution in [1.29, 1.82) is 0 Å². The molecule has 5 heteroatoms. The van der Waals surface area contributed by atoms with Gasteiger partial charge in [-0.05, 0) is 72.8 Å². The van der Waals surface area contributed by atoms with Crippen molar-refractivity contribution in [3.8, 4) is 11.8 Å². The number of rotatable bonds is 11. The summed E-state index contributed by atoms with van der Waals surface area (Å²) in [5.74, 6) is 6.29. The maximum atomic E-state index is 11.5. The maximum Gasteiger partial charge on any atom is 0.302 e. The van der Waals surface area contributed by atoms with Crippen LogP contribution in [0.4, 0.5) is 0 Å². The van der Waals surface area contributed by atoms with Gasteiger partial charge in [-0.2, -0.15) is 0 Å². The van der Waals surface area contributed by atoms with Gasteiger partial charge in [-0.1, -0.05) is 123 Å². The lowest BCUT2D eigenvalue weighted by Gasteiger charge is -2.41. The molecule has 0 aromatic rings. The maximum absolute atomic E-state index is 11.5. The second-order valence-electron chi connectivity index (χ2n) is 15.9. The van der Waals surface area contributed by atoms with E-state index in [4.69, 9.17) is 14.2 Å². The Labute approximate surface area is 297 Å². The molecule has 0 unspecified atom stereocenters. The van der Waals surface area contributed by atoms with E-state index in [-0.39, 0.29) is 46.2 Å². The van der Waals surface area contributed by atoms with Crippen LogP contribution in [-0.4, -0.2) is 35.3 Å². The summed E-state index contributed by atoms with van der Waals surface area (Å²) in [7, 11) is 0. The van der Waals surface area contributed by atoms with E-state index in [1.807, 2.05) is 19.1 Å². The highest BCUT2D eigenvalue weighted by Gasteiger charge is 2.75. The van der Waals surface area contributed by atoms with E-state index in [0.29, 0.717) is 0 Å². The van der Waals surface area contributed by atoms with Crippen LogP contribution in [0.25, 0.3) is 0 Å². The van der Waals surface area contributed by atoms with Crippen molar-refractivity contribution < 1.29 is 23.8 Å². The van der Waals surface area contributed by atoms with Crippen LogP contribution in [0.2, 0.25) is 0 Å². The number of ether oxygens (including phenoxy) is 3. The molecule has 0 N–H and O–H groups in total. The lowest BCUT2D eigenvalue weighted by atomic mass is 9.61. The molecule has 0 amide bonds. The van der Waals surface area contributed by atoms with Crippen LogP contribution >= 0.6 is 0 Å². The summed E-state index contributed by atoms with van der Waals surface area (Å²) in [6.45, 7) is 24.5. The first-order valence-electron chi connectivity index (χ1n) is 17.8. The van der Waals surface area contributed by atoms with Gasteiger partial charge in [0.25, 0.3) is 0 Å². The molecule has 0 spiro atoms. The fourth-order valence-electron chi connectivity index (χ4n) is 7.88. The van der Waals surface area contributed by atoms with Gasteiger partial charge in [-0.3, -0.25) is 9.59 Å². The van der Waals surface area contributed by atoms with Gasteiger partial charge in [0.15, 0.2) is 0 Å². The van der Waals surface area contributed by atoms with E-state index in [0.717, 1.165) is 55.2 Å². The molecule has 2 aliphatic carbocycles. The Bertz CT molecular complexity index is 1570. The standard InChI is InChI=1S/C44H60O5/c1-31(19-15-21-33(3)23-24-40-35(5)27-38(47-36(6)45)28-41(40,8)9)17-13-14-18-32(2)20-16-22-34(4)25-26-44-42(10,11)29-39(48-37(7)46)30-43(44,12)49-44/h13-22,38-39H,25-30H2,1-12H3/b14-13+,19-15+,20-16+,31-17+,32-18+,33-21+,34-22+/t38-,39+,43-,44+/m1/s1. The Kier molecular flexibility index (Phi) is 13.3. The zero-order valence-electron chi connectivity index (χ0n) is 32.2. The van der Waals surface area contributed by atoms with E-state index in [1.165, 1.54) is 30.6 Å². The molecule has 0 aromatic carbocycles. The van der Waals surface area contributed by atoms with Crippen LogP contribution in [0, 0.1) is 22.7 Å². The molecule has 1 aliphatic heterocycles. The van der Waals surface area contributed by atoms with Gasteiger partial charge in [0, 0.05) is 43.1 Å². The van der Waals surface area contributed by atoms with Gasteiger partial charge < -0.3 is 14.2 Å². The molecule has 1 saturated carbocycles. The third kappa shape index (κ3) is 10.9. The number of esters is 2. The highest BCUT2D eigenvalue weighted by Crippen LogP contribution is 2.67. The number of carbonyl (C=O) groups excluding carboxylic acids is 2. The summed E-state index contributed by atoms with van der Waals surface area (Å²) in [6, 6.07) is 0. The van der Waals surface area contributed by atoms with E-state index in [9.17, 15) is 9.59 Å². The highest BCUT2D eigenvalue weighted by molar-refractivity contribution is 5.66. The topological polar surface area (TPSA) is 65.1 Å². The number of hydrogen-bond acceptors (Lipinski definition) is 5. The Balaban J connectivity index is 1.48. The predicted molar refractivity (Wildman–Crippen MR) is 202 cm³/mol. The molecular formula is C44H60O5. The fraction of sp³-hybridized carbons (Fsp3) is 0.545. The zero-order chi connectivity index (χ0) is 36.6. The summed E-state index contributed by atoms with van der Waals surface area (Å²) in [4.78, 5) is 23.0. The average Bonchev–Trinajstić information content (AvgIpc) is 3.58. The molecule has 0 aromatic heterocycles. The molecule has 2 fully saturated rings. The third-order valence-corrected chi connectivity index (χ3v) is 10.2. The molecule has 0 bridgehead atoms. The first-order chi connectivity index (χ1) is 22.8. The first kappa shape index (κ1) is 39.8. The number of allylic oxidation sites excluding steroid dienone is 15. The van der Waals surface area contributed by atoms with Gasteiger partial charge in [0.1, 0.15) is 17.8 Å². The number of carbonyl (C=O) groups is 2. The van der Waals surface area contributed by atoms with E-state index >= 15 is 0 Å². The summed E-state index contributed by atoms with van der Waals surface area (Å²) in [5.41, 5.74) is 6.42. The van der Waals surface area contributed by atoms with E-state index in [1.54, 1.807) is 0 Å². The summed E-state index contributed by atoms with van der Waals surface area (Å²) in [6.07, 6.45) is 25.9. The Morgan fingerprint density at radius 3 is 1.90 bits per heavy atom. The quantitative estimate of drug-likeness (QED) is 0.0949. The monoisotopic (exact) mass is 668 g/mol. The van der Waals surface area contributed by atoms with Gasteiger partial charge >= 0.3 is 11.9 Å². The molecule has 3 rings (SSSR count). The number of hydrogen-bond donors (Lipinski definition) is 0. The van der Waals surface area contributed by atoms with Crippen molar-refractivity contribution in [2.24, 2.45) is 10.8 Å². The SMILES string of the molecule is CC(=O)O[C@@H]1CC(C)=C(C#C/C(C)=C/C=C/C(C)=C/C=C/C=C(C)/C=C/C=C(\C)CC[C@@]23O[C@]2(C)C[C@@H](OC(C)=O)CC3(C)C)C(C)(C)C1. The first-order valence-corrected chi connectivity index (χ1v) is 17.8. The smallest absolute Gasteiger partial charge is 0.302 e. The van der Waals surface area contributed by atoms with Crippen molar-refractivity contribution in [2.45, 2.75) is 145 Å². The van der Waals surface area contributed by atoms with Gasteiger partial charge in [-0.15, -0.1) is 0 Å². The molecule has 266 valence electrons. The second kappa shape index (κ2) is 16.4. The highest BCUT2D eigenvalue weighted by atomic mass is 16.6. The lowest BCUT2D eigenvalue weighted by Crippen LogP contribution is -2.48. The Morgan fingerprint density at radius 1 is 0.776 bits per heavy atom. The number of fused-ring (bicyclic) bond motifs is 1. The molecule has 3 aliphatic rings. The number of epoxide rings is 1. The summed E-state index contributed by atoms with van der Waals surface area (Å²) < 4.78 is 17.5. The van der Waals surface area contributed by atoms with Crippen LogP contribution in [0.3, 0.4) is 0 Å². The summed E-state index contributed by atoms with van der Waals surface area (Å²) >= 11 is 0. The Hall–Kier alpha value is -3.62. The molecule has 49 heavy (non-hydrogen) atoms. The molecular weight excluding hydrogens is 608 g/mol. The molecule has 1 heterocycles. The van der Waals surface area contributed by atoms with Crippen molar-refractivity contribution >= 4 is 11.9 Å². The minimum absolute atomic E-state index is 0.0564. The molecule has 5 nitrogen and oxygen atoms in total. The summed E-state index contributed by atoms with van der Waals surface area (Å²) in [5, 5.41) is 0. The van der Waals surface area contributed by atoms with Crippen molar-refractivity contribution in [3.63, 3.8) is 0 Å². The van der Waals surface area contributed by atoms with Crippen LogP contribution in [0.15, 0.2) is 94.2 Å². The van der Waals surface area contributed by atoms with E-state index in [2.05, 4.69) is 123 Å². The third-order valence-electron chi connectivity index (χ3n) is 10.2. The second-order valence-corrected chi connectivity index (χ2v) is 15.9. The van der Waals surface area contributed by atoms with Crippen molar-refractivity contribution in [3.05, 3.63) is 94.2 Å². The van der Waals surface area contributed by atoms with Gasteiger partial charge in [0.05, 0.1) is 5.60 Å². The Morgan fingerprint density at radius 2 is 1.35 bits per heavy atom. The van der Waals surface area contributed by atoms with Crippen molar-refractivity contribution in [1.82, 2.24) is 0 Å². The van der Waals surface area contributed by atoms with Crippen LogP contribution in [0.5, 0.6) is 0 Å². The van der Waals surface area contributed by atoms with Crippen LogP contribution < -0.4 is 0 Å². The van der Waals surface area contributed by atoms with Gasteiger partial charge in [0.2, 0.25) is 0 Å². The fourth-order valence-corrected chi connectivity index (χ4v) is 7.88. The van der Waals surface area contributed by atoms with Gasteiger partial charge in [-0.25, -0.2) is 0 Å². The minimum Gasteiger partial charge on any atom is -0.462 e. The predicted octanol–water partition coefficient (Wildman–Crippen LogP) is 10.6. The average molecular weight is 669 g/mol. The minimum atomic E-state index is -0.228. The van der Waals surface area contributed by atoms with E-state index < -0.39 is 0 Å². The largest absolute Gasteiger partial charge is 0.462 e. The zero-order valence-corrected chi connectivity index (χ0v) is 32.2. The molecule has 4 atom stereocenters. The normalized spacial score (nSPS) is 28.8.